The second-order valence-electron chi connectivity index (χ2n) is 8.29. The van der Waals surface area contributed by atoms with Gasteiger partial charge in [-0.05, 0) is 36.4 Å². The first kappa shape index (κ1) is 22.1. The molecule has 3 heterocycles. The normalized spacial score (nSPS) is 18.7. The van der Waals surface area contributed by atoms with E-state index in [-0.39, 0.29) is 36.2 Å². The highest BCUT2D eigenvalue weighted by Crippen LogP contribution is 2.34. The van der Waals surface area contributed by atoms with Gasteiger partial charge in [-0.25, -0.2) is 17.5 Å². The van der Waals surface area contributed by atoms with Gasteiger partial charge >= 0.3 is 0 Å². The van der Waals surface area contributed by atoms with Crippen LogP contribution in [0.4, 0.5) is 15.9 Å². The summed E-state index contributed by atoms with van der Waals surface area (Å²) >= 11 is 0. The third-order valence-electron chi connectivity index (χ3n) is 5.96. The fourth-order valence-corrected chi connectivity index (χ4v) is 5.76. The third-order valence-corrected chi connectivity index (χ3v) is 7.40. The van der Waals surface area contributed by atoms with E-state index >= 15 is 0 Å². The summed E-state index contributed by atoms with van der Waals surface area (Å²) in [7, 11) is -1.83. The van der Waals surface area contributed by atoms with Gasteiger partial charge in [0.05, 0.1) is 35.9 Å². The molecule has 0 spiro atoms. The molecule has 1 atom stereocenters. The van der Waals surface area contributed by atoms with E-state index in [1.54, 1.807) is 24.3 Å². The van der Waals surface area contributed by atoms with Crippen LogP contribution in [0, 0.1) is 11.7 Å². The lowest BCUT2D eigenvalue weighted by Gasteiger charge is -2.18. The van der Waals surface area contributed by atoms with Gasteiger partial charge in [0.1, 0.15) is 17.4 Å². The van der Waals surface area contributed by atoms with Crippen molar-refractivity contribution in [3.8, 4) is 11.4 Å². The number of hydrogen-bond donors (Lipinski definition) is 1. The number of carbonyl (C=O) groups is 2. The van der Waals surface area contributed by atoms with E-state index < -0.39 is 27.5 Å². The lowest BCUT2D eigenvalue weighted by molar-refractivity contribution is -0.122. The Balaban J connectivity index is 1.42. The molecule has 0 radical (unpaired) electrons. The zero-order chi connectivity index (χ0) is 24.0. The van der Waals surface area contributed by atoms with Crippen LogP contribution in [-0.4, -0.2) is 43.7 Å². The molecule has 9 nitrogen and oxygen atoms in total. The maximum absolute atomic E-state index is 13.4. The maximum atomic E-state index is 13.4. The van der Waals surface area contributed by atoms with Crippen LogP contribution in [-0.2, 0) is 30.9 Å². The molecule has 176 valence electrons. The van der Waals surface area contributed by atoms with Gasteiger partial charge in [-0.15, -0.1) is 0 Å². The van der Waals surface area contributed by atoms with Crippen molar-refractivity contribution in [3.05, 3.63) is 65.6 Å². The summed E-state index contributed by atoms with van der Waals surface area (Å²) < 4.78 is 44.4. The fourth-order valence-electron chi connectivity index (χ4n) is 4.27. The van der Waals surface area contributed by atoms with Crippen molar-refractivity contribution in [3.63, 3.8) is 0 Å². The lowest BCUT2D eigenvalue weighted by Crippen LogP contribution is -2.29. The van der Waals surface area contributed by atoms with Crippen molar-refractivity contribution >= 4 is 33.2 Å². The van der Waals surface area contributed by atoms with Crippen LogP contribution in [0.25, 0.3) is 5.69 Å². The van der Waals surface area contributed by atoms with Gasteiger partial charge in [-0.2, -0.15) is 5.10 Å². The summed E-state index contributed by atoms with van der Waals surface area (Å²) in [6, 6.07) is 12.5. The van der Waals surface area contributed by atoms with Crippen LogP contribution in [0.1, 0.15) is 17.7 Å². The van der Waals surface area contributed by atoms with Crippen LogP contribution in [0.3, 0.4) is 0 Å². The standard InChI is InChI=1S/C23H21FN4O5S/c1-33-18-4-2-3-17(10-18)27-11-14(9-21(27)29)23(30)25-22-19-12-34(31,32)13-20(19)26-28(22)16-7-5-15(24)6-8-16/h2-8,10,14H,9,11-13H2,1H3,(H,25,30). The van der Waals surface area contributed by atoms with Gasteiger partial charge in [0.15, 0.2) is 9.84 Å². The van der Waals surface area contributed by atoms with E-state index in [1.807, 2.05) is 0 Å². The molecule has 11 heteroatoms. The topological polar surface area (TPSA) is 111 Å². The third kappa shape index (κ3) is 4.03. The minimum Gasteiger partial charge on any atom is -0.497 e. The van der Waals surface area contributed by atoms with Gasteiger partial charge in [0, 0.05) is 30.3 Å². The number of carbonyl (C=O) groups excluding carboxylic acids is 2. The minimum absolute atomic E-state index is 0.00815. The molecule has 1 N–H and O–H groups in total. The SMILES string of the molecule is COc1cccc(N2CC(C(=O)Nc3c4c(nn3-c3ccc(F)cc3)CS(=O)(=O)C4)CC2=O)c1. The first-order valence-electron chi connectivity index (χ1n) is 10.6. The van der Waals surface area contributed by atoms with E-state index in [9.17, 15) is 22.4 Å². The van der Waals surface area contributed by atoms with Gasteiger partial charge in [-0.3, -0.25) is 9.59 Å². The largest absolute Gasteiger partial charge is 0.497 e. The molecule has 1 aromatic heterocycles. The Morgan fingerprint density at radius 3 is 2.65 bits per heavy atom. The predicted molar refractivity (Wildman–Crippen MR) is 122 cm³/mol. The molecule has 1 saturated heterocycles. The molecular weight excluding hydrogens is 463 g/mol. The molecular formula is C23H21FN4O5S. The molecule has 0 aliphatic carbocycles. The van der Waals surface area contributed by atoms with Crippen molar-refractivity contribution < 1.29 is 27.1 Å². The highest BCUT2D eigenvalue weighted by molar-refractivity contribution is 7.90. The molecule has 2 aliphatic rings. The summed E-state index contributed by atoms with van der Waals surface area (Å²) in [4.78, 5) is 27.4. The molecule has 0 bridgehead atoms. The average molecular weight is 485 g/mol. The van der Waals surface area contributed by atoms with Crippen molar-refractivity contribution in [2.75, 3.05) is 23.9 Å². The molecule has 2 aliphatic heterocycles. The molecule has 2 aromatic carbocycles. The Kier molecular flexibility index (Phi) is 5.35. The fraction of sp³-hybridized carbons (Fsp3) is 0.261. The van der Waals surface area contributed by atoms with Gasteiger partial charge in [0.25, 0.3) is 0 Å². The zero-order valence-electron chi connectivity index (χ0n) is 18.2. The van der Waals surface area contributed by atoms with Crippen molar-refractivity contribution in [1.29, 1.82) is 0 Å². The van der Waals surface area contributed by atoms with E-state index in [0.29, 0.717) is 28.4 Å². The summed E-state index contributed by atoms with van der Waals surface area (Å²) in [5, 5.41) is 7.17. The highest BCUT2D eigenvalue weighted by Gasteiger charge is 2.38. The molecule has 2 amide bonds. The number of amides is 2. The van der Waals surface area contributed by atoms with E-state index in [1.165, 1.54) is 41.0 Å². The molecule has 3 aromatic rings. The quantitative estimate of drug-likeness (QED) is 0.596. The predicted octanol–water partition coefficient (Wildman–Crippen LogP) is 2.44. The van der Waals surface area contributed by atoms with Gasteiger partial charge in [-0.1, -0.05) is 6.07 Å². The zero-order valence-corrected chi connectivity index (χ0v) is 19.0. The monoisotopic (exact) mass is 484 g/mol. The van der Waals surface area contributed by atoms with Gasteiger partial charge < -0.3 is 15.0 Å². The Hall–Kier alpha value is -3.73. The number of hydrogen-bond acceptors (Lipinski definition) is 6. The number of anilines is 2. The molecule has 1 unspecified atom stereocenters. The van der Waals surface area contributed by atoms with E-state index in [0.717, 1.165) is 0 Å². The Morgan fingerprint density at radius 1 is 1.15 bits per heavy atom. The van der Waals surface area contributed by atoms with Gasteiger partial charge in [0.2, 0.25) is 11.8 Å². The van der Waals surface area contributed by atoms with Crippen molar-refractivity contribution in [1.82, 2.24) is 9.78 Å². The number of benzene rings is 2. The Bertz CT molecular complexity index is 1400. The number of ether oxygens (including phenoxy) is 1. The summed E-state index contributed by atoms with van der Waals surface area (Å²) in [5.41, 5.74) is 1.86. The van der Waals surface area contributed by atoms with E-state index in [4.69, 9.17) is 4.74 Å². The Labute approximate surface area is 195 Å². The molecule has 5 rings (SSSR count). The van der Waals surface area contributed by atoms with Crippen LogP contribution < -0.4 is 15.0 Å². The van der Waals surface area contributed by atoms with Crippen molar-refractivity contribution in [2.24, 2.45) is 5.92 Å². The molecule has 0 saturated carbocycles. The summed E-state index contributed by atoms with van der Waals surface area (Å²) in [6.07, 6.45) is 0.00815. The second kappa shape index (κ2) is 8.24. The number of aromatic nitrogens is 2. The minimum atomic E-state index is -3.37. The number of halogens is 1. The maximum Gasteiger partial charge on any atom is 0.230 e. The smallest absolute Gasteiger partial charge is 0.230 e. The van der Waals surface area contributed by atoms with Crippen molar-refractivity contribution in [2.45, 2.75) is 17.9 Å². The number of methoxy groups -OCH3 is 1. The Morgan fingerprint density at radius 2 is 1.91 bits per heavy atom. The van der Waals surface area contributed by atoms with Crippen LogP contribution in [0.15, 0.2) is 48.5 Å². The molecule has 1 fully saturated rings. The van der Waals surface area contributed by atoms with Crippen LogP contribution in [0.2, 0.25) is 0 Å². The first-order valence-corrected chi connectivity index (χ1v) is 12.4. The summed E-state index contributed by atoms with van der Waals surface area (Å²) in [5.74, 6) is -1.37. The number of rotatable bonds is 5. The number of sulfone groups is 1. The number of nitrogens with one attached hydrogen (secondary N) is 1. The number of fused-ring (bicyclic) bond motifs is 1. The first-order chi connectivity index (χ1) is 16.2. The van der Waals surface area contributed by atoms with Crippen LogP contribution in [0.5, 0.6) is 5.75 Å². The van der Waals surface area contributed by atoms with E-state index in [2.05, 4.69) is 10.4 Å². The highest BCUT2D eigenvalue weighted by atomic mass is 32.2. The second-order valence-corrected chi connectivity index (χ2v) is 10.4. The summed E-state index contributed by atoms with van der Waals surface area (Å²) in [6.45, 7) is 0.170. The molecule has 34 heavy (non-hydrogen) atoms. The number of nitrogens with zero attached hydrogens (tertiary/aromatic N) is 3. The van der Waals surface area contributed by atoms with Crippen LogP contribution >= 0.6 is 0 Å². The average Bonchev–Trinajstić information content (AvgIpc) is 3.44. The lowest BCUT2D eigenvalue weighted by atomic mass is 10.1.